The topological polar surface area (TPSA) is 83.5 Å². The van der Waals surface area contributed by atoms with Crippen LogP contribution in [0.4, 0.5) is 0 Å². The van der Waals surface area contributed by atoms with Gasteiger partial charge in [-0.15, -0.1) is 0 Å². The molecule has 0 heterocycles. The summed E-state index contributed by atoms with van der Waals surface area (Å²) in [5, 5.41) is 17.6. The van der Waals surface area contributed by atoms with E-state index in [0.29, 0.717) is 12.8 Å². The lowest BCUT2D eigenvalue weighted by Crippen LogP contribution is -2.29. The van der Waals surface area contributed by atoms with Gasteiger partial charge in [0.15, 0.2) is 0 Å². The smallest absolute Gasteiger partial charge is 0.320 e. The highest BCUT2D eigenvalue weighted by atomic mass is 32.1. The molecule has 0 spiro atoms. The van der Waals surface area contributed by atoms with Crippen LogP contribution < -0.4 is 5.73 Å². The van der Waals surface area contributed by atoms with E-state index in [0.717, 1.165) is 25.7 Å². The van der Waals surface area contributed by atoms with Crippen molar-refractivity contribution in [2.45, 2.75) is 55.1 Å². The van der Waals surface area contributed by atoms with Crippen LogP contribution >= 0.6 is 25.3 Å². The molecular formula is C11H23NO3S2. The minimum atomic E-state index is -0.935. The molecule has 0 aromatic heterocycles. The third-order valence-electron chi connectivity index (χ3n) is 2.70. The molecule has 0 saturated heterocycles. The Labute approximate surface area is 114 Å². The largest absolute Gasteiger partial charge is 0.480 e. The number of hydrogen-bond acceptors (Lipinski definition) is 5. The summed E-state index contributed by atoms with van der Waals surface area (Å²) in [5.74, 6) is -0.935. The minimum absolute atomic E-state index is 0.115. The lowest BCUT2D eigenvalue weighted by Gasteiger charge is -2.17. The summed E-state index contributed by atoms with van der Waals surface area (Å²) in [6.45, 7) is 0.138. The molecule has 0 aromatic carbocycles. The monoisotopic (exact) mass is 281 g/mol. The summed E-state index contributed by atoms with van der Waals surface area (Å²) in [6, 6.07) is -0.742. The Hall–Kier alpha value is 0.0900. The fourth-order valence-electron chi connectivity index (χ4n) is 1.54. The van der Waals surface area contributed by atoms with Gasteiger partial charge in [0.05, 0.1) is 0 Å². The van der Waals surface area contributed by atoms with Crippen molar-refractivity contribution in [1.29, 1.82) is 0 Å². The zero-order valence-electron chi connectivity index (χ0n) is 9.96. The van der Waals surface area contributed by atoms with E-state index in [1.807, 2.05) is 0 Å². The second-order valence-corrected chi connectivity index (χ2v) is 5.56. The van der Waals surface area contributed by atoms with Crippen molar-refractivity contribution in [2.75, 3.05) is 6.61 Å². The van der Waals surface area contributed by atoms with Gasteiger partial charge in [0.1, 0.15) is 6.04 Å². The molecule has 0 amide bonds. The molecule has 4 N–H and O–H groups in total. The van der Waals surface area contributed by atoms with Gasteiger partial charge in [-0.05, 0) is 19.3 Å². The minimum Gasteiger partial charge on any atom is -0.480 e. The molecule has 0 aliphatic carbocycles. The molecule has 0 fully saturated rings. The fourth-order valence-corrected chi connectivity index (χ4v) is 2.13. The predicted octanol–water partition coefficient (Wildman–Crippen LogP) is 1.33. The number of aliphatic carboxylic acids is 1. The number of aliphatic hydroxyl groups is 1. The van der Waals surface area contributed by atoms with Crippen LogP contribution in [0, 0.1) is 0 Å². The maximum Gasteiger partial charge on any atom is 0.320 e. The maximum absolute atomic E-state index is 10.5. The van der Waals surface area contributed by atoms with Crippen LogP contribution in [0.2, 0.25) is 0 Å². The van der Waals surface area contributed by atoms with Crippen molar-refractivity contribution in [1.82, 2.24) is 0 Å². The van der Waals surface area contributed by atoms with E-state index in [1.165, 1.54) is 0 Å². The Balaban J connectivity index is 3.48. The highest BCUT2D eigenvalue weighted by molar-refractivity contribution is 7.85. The van der Waals surface area contributed by atoms with Gasteiger partial charge < -0.3 is 15.9 Å². The van der Waals surface area contributed by atoms with E-state index in [2.05, 4.69) is 25.3 Å². The third kappa shape index (κ3) is 8.77. The molecule has 0 aliphatic rings. The van der Waals surface area contributed by atoms with Crippen molar-refractivity contribution < 1.29 is 15.0 Å². The first-order chi connectivity index (χ1) is 7.99. The Morgan fingerprint density at radius 1 is 1.06 bits per heavy atom. The molecule has 4 nitrogen and oxygen atoms in total. The van der Waals surface area contributed by atoms with Crippen molar-refractivity contribution in [3.05, 3.63) is 0 Å². The summed E-state index contributed by atoms with van der Waals surface area (Å²) >= 11 is 8.78. The SMILES string of the molecule is NC(CCCCCC(S)C(S)CCO)C(=O)O. The second kappa shape index (κ2) is 10.1. The standard InChI is InChI=1S/C11H23NO3S2/c12-8(11(14)15)4-2-1-3-5-9(16)10(17)6-7-13/h8-10,13,16-17H,1-7,12H2,(H,14,15). The van der Waals surface area contributed by atoms with E-state index >= 15 is 0 Å². The molecule has 0 radical (unpaired) electrons. The van der Waals surface area contributed by atoms with Crippen molar-refractivity contribution >= 4 is 31.2 Å². The number of carboxylic acids is 1. The number of aliphatic hydroxyl groups excluding tert-OH is 1. The van der Waals surface area contributed by atoms with Gasteiger partial charge in [0.25, 0.3) is 0 Å². The average Bonchev–Trinajstić information content (AvgIpc) is 2.28. The molecule has 6 heteroatoms. The van der Waals surface area contributed by atoms with E-state index in [-0.39, 0.29) is 17.1 Å². The van der Waals surface area contributed by atoms with Crippen LogP contribution in [0.3, 0.4) is 0 Å². The normalized spacial score (nSPS) is 16.5. The van der Waals surface area contributed by atoms with Gasteiger partial charge in [0, 0.05) is 17.1 Å². The van der Waals surface area contributed by atoms with Gasteiger partial charge in [-0.2, -0.15) is 25.3 Å². The van der Waals surface area contributed by atoms with Crippen LogP contribution in [0.5, 0.6) is 0 Å². The highest BCUT2D eigenvalue weighted by Gasteiger charge is 2.13. The molecule has 0 saturated carbocycles. The number of carboxylic acid groups (broad SMARTS) is 1. The average molecular weight is 281 g/mol. The van der Waals surface area contributed by atoms with Gasteiger partial charge in [-0.25, -0.2) is 0 Å². The van der Waals surface area contributed by atoms with Gasteiger partial charge in [0.2, 0.25) is 0 Å². The zero-order valence-corrected chi connectivity index (χ0v) is 11.7. The second-order valence-electron chi connectivity index (χ2n) is 4.23. The molecule has 3 unspecified atom stereocenters. The van der Waals surface area contributed by atoms with Crippen LogP contribution in [0.15, 0.2) is 0 Å². The Bertz CT molecular complexity index is 217. The van der Waals surface area contributed by atoms with E-state index in [9.17, 15) is 4.79 Å². The van der Waals surface area contributed by atoms with Crippen LogP contribution in [-0.4, -0.2) is 39.3 Å². The predicted molar refractivity (Wildman–Crippen MR) is 75.9 cm³/mol. The molecule has 0 aromatic rings. The molecule has 102 valence electrons. The summed E-state index contributed by atoms with van der Waals surface area (Å²) in [4.78, 5) is 10.5. The molecule has 0 rings (SSSR count). The van der Waals surface area contributed by atoms with Gasteiger partial charge in [-0.1, -0.05) is 19.3 Å². The van der Waals surface area contributed by atoms with Crippen molar-refractivity contribution in [3.63, 3.8) is 0 Å². The molecule has 0 bridgehead atoms. The maximum atomic E-state index is 10.5. The number of unbranched alkanes of at least 4 members (excludes halogenated alkanes) is 2. The summed E-state index contributed by atoms with van der Waals surface area (Å²) in [7, 11) is 0. The Morgan fingerprint density at radius 2 is 1.59 bits per heavy atom. The van der Waals surface area contributed by atoms with Crippen LogP contribution in [-0.2, 0) is 4.79 Å². The Kier molecular flexibility index (Phi) is 10.1. The van der Waals surface area contributed by atoms with Crippen molar-refractivity contribution in [3.8, 4) is 0 Å². The summed E-state index contributed by atoms with van der Waals surface area (Å²) in [6.07, 6.45) is 4.88. The molecule has 17 heavy (non-hydrogen) atoms. The first-order valence-corrected chi connectivity index (χ1v) is 6.97. The van der Waals surface area contributed by atoms with Crippen molar-refractivity contribution in [2.24, 2.45) is 5.73 Å². The quantitative estimate of drug-likeness (QED) is 0.309. The lowest BCUT2D eigenvalue weighted by atomic mass is 10.0. The first-order valence-electron chi connectivity index (χ1n) is 5.94. The number of rotatable bonds is 10. The van der Waals surface area contributed by atoms with E-state index in [4.69, 9.17) is 15.9 Å². The number of nitrogens with two attached hydrogens (primary N) is 1. The Morgan fingerprint density at radius 3 is 2.12 bits per heavy atom. The molecule has 0 aliphatic heterocycles. The number of carbonyl (C=O) groups is 1. The number of thiol groups is 2. The third-order valence-corrected chi connectivity index (χ3v) is 4.17. The summed E-state index contributed by atoms with van der Waals surface area (Å²) < 4.78 is 0. The zero-order chi connectivity index (χ0) is 13.3. The number of hydrogen-bond donors (Lipinski definition) is 5. The van der Waals surface area contributed by atoms with E-state index in [1.54, 1.807) is 0 Å². The lowest BCUT2D eigenvalue weighted by molar-refractivity contribution is -0.138. The summed E-state index contributed by atoms with van der Waals surface area (Å²) in [5.41, 5.74) is 5.39. The van der Waals surface area contributed by atoms with Crippen LogP contribution in [0.25, 0.3) is 0 Å². The molecule has 3 atom stereocenters. The first kappa shape index (κ1) is 17.1. The fraction of sp³-hybridized carbons (Fsp3) is 0.909. The van der Waals surface area contributed by atoms with Gasteiger partial charge >= 0.3 is 5.97 Å². The van der Waals surface area contributed by atoms with E-state index < -0.39 is 12.0 Å². The van der Waals surface area contributed by atoms with Gasteiger partial charge in [-0.3, -0.25) is 4.79 Å². The molecular weight excluding hydrogens is 258 g/mol. The van der Waals surface area contributed by atoms with Crippen LogP contribution in [0.1, 0.15) is 38.5 Å². The highest BCUT2D eigenvalue weighted by Crippen LogP contribution is 2.19.